The van der Waals surface area contributed by atoms with Crippen molar-refractivity contribution in [1.82, 2.24) is 14.8 Å². The lowest BCUT2D eigenvalue weighted by molar-refractivity contribution is 0.392. The van der Waals surface area contributed by atoms with Crippen molar-refractivity contribution >= 4 is 17.7 Å². The summed E-state index contributed by atoms with van der Waals surface area (Å²) >= 11 is 1.85. The molecule has 2 rings (SSSR count). The molecule has 1 aliphatic carbocycles. The molecule has 0 spiro atoms. The molecule has 1 heterocycles. The molecule has 1 fully saturated rings. The first kappa shape index (κ1) is 12.7. The lowest BCUT2D eigenvalue weighted by Gasteiger charge is -2.25. The van der Waals surface area contributed by atoms with Crippen LogP contribution >= 0.6 is 11.8 Å². The average molecular weight is 254 g/mol. The third kappa shape index (κ3) is 2.94. The summed E-state index contributed by atoms with van der Waals surface area (Å²) in [5.41, 5.74) is 5.85. The normalized spacial score (nSPS) is 25.4. The number of rotatable bonds is 3. The Hall–Kier alpha value is -0.710. The highest BCUT2D eigenvalue weighted by atomic mass is 32.2. The quantitative estimate of drug-likeness (QED) is 0.900. The summed E-state index contributed by atoms with van der Waals surface area (Å²) in [5, 5.41) is 9.86. The van der Waals surface area contributed by atoms with Gasteiger partial charge in [-0.1, -0.05) is 18.7 Å². The molecule has 0 saturated heterocycles. The van der Waals surface area contributed by atoms with E-state index in [0.29, 0.717) is 17.2 Å². The Kier molecular flexibility index (Phi) is 3.97. The summed E-state index contributed by atoms with van der Waals surface area (Å²) in [6.07, 6.45) is 5.25. The standard InChI is InChI=1S/C12H22N4S/c1-8(2)16-11(13)14-15-12(16)17-10-6-4-9(3)5-7-10/h8-10H,4-7H2,1-3H3,(H2,13,14). The molecule has 96 valence electrons. The molecule has 5 heteroatoms. The van der Waals surface area contributed by atoms with Gasteiger partial charge >= 0.3 is 0 Å². The Labute approximate surface area is 107 Å². The predicted octanol–water partition coefficient (Wildman–Crippen LogP) is 3.11. The molecule has 0 atom stereocenters. The highest BCUT2D eigenvalue weighted by Crippen LogP contribution is 2.36. The van der Waals surface area contributed by atoms with Gasteiger partial charge in [0.15, 0.2) is 5.16 Å². The van der Waals surface area contributed by atoms with E-state index in [0.717, 1.165) is 11.1 Å². The fraction of sp³-hybridized carbons (Fsp3) is 0.833. The number of nitrogen functional groups attached to an aromatic ring is 1. The van der Waals surface area contributed by atoms with E-state index in [-0.39, 0.29) is 0 Å². The van der Waals surface area contributed by atoms with Gasteiger partial charge in [-0.3, -0.25) is 4.57 Å². The zero-order chi connectivity index (χ0) is 12.4. The van der Waals surface area contributed by atoms with E-state index >= 15 is 0 Å². The number of hydrogen-bond donors (Lipinski definition) is 1. The van der Waals surface area contributed by atoms with Crippen LogP contribution in [0.5, 0.6) is 0 Å². The van der Waals surface area contributed by atoms with Gasteiger partial charge in [0.25, 0.3) is 0 Å². The summed E-state index contributed by atoms with van der Waals surface area (Å²) in [7, 11) is 0. The summed E-state index contributed by atoms with van der Waals surface area (Å²) < 4.78 is 2.03. The molecule has 0 aliphatic heterocycles. The summed E-state index contributed by atoms with van der Waals surface area (Å²) in [4.78, 5) is 0. The van der Waals surface area contributed by atoms with Crippen LogP contribution < -0.4 is 5.73 Å². The Balaban J connectivity index is 2.03. The van der Waals surface area contributed by atoms with Gasteiger partial charge in [-0.25, -0.2) is 0 Å². The first-order chi connectivity index (χ1) is 8.08. The van der Waals surface area contributed by atoms with Crippen LogP contribution in [-0.4, -0.2) is 20.0 Å². The maximum atomic E-state index is 5.85. The molecule has 1 aromatic rings. The van der Waals surface area contributed by atoms with Crippen LogP contribution in [0, 0.1) is 5.92 Å². The van der Waals surface area contributed by atoms with Crippen molar-refractivity contribution in [2.45, 2.75) is 62.9 Å². The fourth-order valence-corrected chi connectivity index (χ4v) is 3.66. The number of nitrogens with two attached hydrogens (primary N) is 1. The molecular weight excluding hydrogens is 232 g/mol. The SMILES string of the molecule is CC1CCC(Sc2nnc(N)n2C(C)C)CC1. The summed E-state index contributed by atoms with van der Waals surface area (Å²) in [6, 6.07) is 0.329. The Morgan fingerprint density at radius 2 is 1.88 bits per heavy atom. The van der Waals surface area contributed by atoms with E-state index in [9.17, 15) is 0 Å². The van der Waals surface area contributed by atoms with Crippen LogP contribution in [0.1, 0.15) is 52.5 Å². The van der Waals surface area contributed by atoms with Crippen LogP contribution in [0.15, 0.2) is 5.16 Å². The van der Waals surface area contributed by atoms with Gasteiger partial charge in [0.05, 0.1) is 0 Å². The third-order valence-electron chi connectivity index (χ3n) is 3.44. The lowest BCUT2D eigenvalue weighted by Crippen LogP contribution is -2.15. The monoisotopic (exact) mass is 254 g/mol. The first-order valence-electron chi connectivity index (χ1n) is 6.45. The van der Waals surface area contributed by atoms with Crippen molar-refractivity contribution in [2.75, 3.05) is 5.73 Å². The molecule has 4 nitrogen and oxygen atoms in total. The van der Waals surface area contributed by atoms with Crippen LogP contribution in [-0.2, 0) is 0 Å². The number of aromatic nitrogens is 3. The van der Waals surface area contributed by atoms with Crippen LogP contribution in [0.3, 0.4) is 0 Å². The van der Waals surface area contributed by atoms with E-state index in [1.165, 1.54) is 25.7 Å². The number of nitrogens with zero attached hydrogens (tertiary/aromatic N) is 3. The van der Waals surface area contributed by atoms with E-state index in [4.69, 9.17) is 5.73 Å². The molecule has 0 bridgehead atoms. The maximum Gasteiger partial charge on any atom is 0.222 e. The van der Waals surface area contributed by atoms with Crippen molar-refractivity contribution in [1.29, 1.82) is 0 Å². The molecule has 1 aliphatic rings. The van der Waals surface area contributed by atoms with E-state index < -0.39 is 0 Å². The topological polar surface area (TPSA) is 56.7 Å². The second-order valence-corrected chi connectivity index (χ2v) is 6.57. The molecular formula is C12H22N4S. The van der Waals surface area contributed by atoms with Crippen LogP contribution in [0.4, 0.5) is 5.95 Å². The van der Waals surface area contributed by atoms with Crippen LogP contribution in [0.25, 0.3) is 0 Å². The minimum absolute atomic E-state index is 0.329. The van der Waals surface area contributed by atoms with Crippen molar-refractivity contribution in [3.05, 3.63) is 0 Å². The zero-order valence-electron chi connectivity index (χ0n) is 10.9. The fourth-order valence-electron chi connectivity index (χ4n) is 2.35. The number of anilines is 1. The molecule has 0 unspecified atom stereocenters. The second kappa shape index (κ2) is 5.29. The van der Waals surface area contributed by atoms with Gasteiger partial charge in [0.2, 0.25) is 5.95 Å². The predicted molar refractivity (Wildman–Crippen MR) is 72.1 cm³/mol. The molecule has 1 aromatic heterocycles. The van der Waals surface area contributed by atoms with Gasteiger partial charge < -0.3 is 5.73 Å². The largest absolute Gasteiger partial charge is 0.368 e. The second-order valence-electron chi connectivity index (χ2n) is 5.30. The summed E-state index contributed by atoms with van der Waals surface area (Å²) in [5.74, 6) is 1.42. The minimum atomic E-state index is 0.329. The molecule has 0 amide bonds. The van der Waals surface area contributed by atoms with Gasteiger partial charge in [-0.05, 0) is 45.4 Å². The molecule has 1 saturated carbocycles. The molecule has 0 radical (unpaired) electrons. The Morgan fingerprint density at radius 1 is 1.24 bits per heavy atom. The Morgan fingerprint density at radius 3 is 2.47 bits per heavy atom. The third-order valence-corrected chi connectivity index (χ3v) is 4.74. The van der Waals surface area contributed by atoms with Gasteiger partial charge in [0, 0.05) is 11.3 Å². The lowest BCUT2D eigenvalue weighted by atomic mass is 9.91. The minimum Gasteiger partial charge on any atom is -0.368 e. The van der Waals surface area contributed by atoms with Crippen molar-refractivity contribution in [3.8, 4) is 0 Å². The first-order valence-corrected chi connectivity index (χ1v) is 7.33. The molecule has 2 N–H and O–H groups in total. The van der Waals surface area contributed by atoms with Gasteiger partial charge in [-0.15, -0.1) is 10.2 Å². The van der Waals surface area contributed by atoms with Crippen molar-refractivity contribution in [3.63, 3.8) is 0 Å². The highest BCUT2D eigenvalue weighted by molar-refractivity contribution is 7.99. The number of thioether (sulfide) groups is 1. The molecule has 0 aromatic carbocycles. The van der Waals surface area contributed by atoms with Gasteiger partial charge in [0.1, 0.15) is 0 Å². The average Bonchev–Trinajstić information content (AvgIpc) is 2.63. The molecule has 17 heavy (non-hydrogen) atoms. The maximum absolute atomic E-state index is 5.85. The van der Waals surface area contributed by atoms with Gasteiger partial charge in [-0.2, -0.15) is 0 Å². The van der Waals surface area contributed by atoms with E-state index in [1.54, 1.807) is 0 Å². The number of hydrogen-bond acceptors (Lipinski definition) is 4. The Bertz CT molecular complexity index is 367. The summed E-state index contributed by atoms with van der Waals surface area (Å²) in [6.45, 7) is 6.58. The van der Waals surface area contributed by atoms with Crippen molar-refractivity contribution in [2.24, 2.45) is 5.92 Å². The van der Waals surface area contributed by atoms with Crippen molar-refractivity contribution < 1.29 is 0 Å². The smallest absolute Gasteiger partial charge is 0.222 e. The van der Waals surface area contributed by atoms with E-state index in [1.807, 2.05) is 16.3 Å². The highest BCUT2D eigenvalue weighted by Gasteiger charge is 2.22. The zero-order valence-corrected chi connectivity index (χ0v) is 11.7. The van der Waals surface area contributed by atoms with Crippen LogP contribution in [0.2, 0.25) is 0 Å². The van der Waals surface area contributed by atoms with E-state index in [2.05, 4.69) is 31.0 Å².